The van der Waals surface area contributed by atoms with Gasteiger partial charge in [-0.1, -0.05) is 11.6 Å². The van der Waals surface area contributed by atoms with Crippen molar-refractivity contribution in [1.82, 2.24) is 5.32 Å². The number of benzene rings is 1. The van der Waals surface area contributed by atoms with Gasteiger partial charge in [-0.2, -0.15) is 0 Å². The van der Waals surface area contributed by atoms with Crippen LogP contribution in [0.4, 0.5) is 5.69 Å². The number of ether oxygens (including phenoxy) is 1. The summed E-state index contributed by atoms with van der Waals surface area (Å²) in [5.74, 6) is 0.581. The van der Waals surface area contributed by atoms with Crippen molar-refractivity contribution in [1.29, 1.82) is 0 Å². The molecule has 0 unspecified atom stereocenters. The summed E-state index contributed by atoms with van der Waals surface area (Å²) in [6.07, 6.45) is 0.497. The smallest absolute Gasteiger partial charge is 0.225 e. The molecule has 0 spiro atoms. The van der Waals surface area contributed by atoms with Crippen LogP contribution in [0.2, 0.25) is 5.02 Å². The lowest BCUT2D eigenvalue weighted by Gasteiger charge is -2.12. The van der Waals surface area contributed by atoms with Crippen molar-refractivity contribution in [2.75, 3.05) is 18.9 Å². The second-order valence-corrected chi connectivity index (χ2v) is 4.62. The van der Waals surface area contributed by atoms with Crippen LogP contribution in [0, 0.1) is 0 Å². The van der Waals surface area contributed by atoms with Crippen LogP contribution >= 0.6 is 24.0 Å². The van der Waals surface area contributed by atoms with Gasteiger partial charge in [-0.25, -0.2) is 0 Å². The maximum Gasteiger partial charge on any atom is 0.225 e. The summed E-state index contributed by atoms with van der Waals surface area (Å²) in [7, 11) is 1.81. The van der Waals surface area contributed by atoms with Crippen LogP contribution in [-0.4, -0.2) is 25.6 Å². The summed E-state index contributed by atoms with van der Waals surface area (Å²) in [5, 5.41) is 6.19. The second kappa shape index (κ2) is 9.02. The molecule has 1 rings (SSSR count). The van der Waals surface area contributed by atoms with E-state index in [0.717, 1.165) is 0 Å². The van der Waals surface area contributed by atoms with E-state index in [2.05, 4.69) is 10.6 Å². The van der Waals surface area contributed by atoms with E-state index >= 15 is 0 Å². The first-order valence-electron chi connectivity index (χ1n) is 5.93. The summed E-state index contributed by atoms with van der Waals surface area (Å²) in [4.78, 5) is 11.5. The lowest BCUT2D eigenvalue weighted by Crippen LogP contribution is -2.18. The minimum absolute atomic E-state index is 0. The third-order valence-electron chi connectivity index (χ3n) is 2.18. The quantitative estimate of drug-likeness (QED) is 0.849. The zero-order valence-corrected chi connectivity index (χ0v) is 12.9. The van der Waals surface area contributed by atoms with Crippen LogP contribution in [0.5, 0.6) is 5.75 Å². The zero-order chi connectivity index (χ0) is 13.5. The molecule has 0 aliphatic heterocycles. The van der Waals surface area contributed by atoms with Crippen molar-refractivity contribution >= 4 is 35.6 Å². The lowest BCUT2D eigenvalue weighted by molar-refractivity contribution is -0.116. The van der Waals surface area contributed by atoms with Gasteiger partial charge >= 0.3 is 0 Å². The molecule has 0 aliphatic rings. The molecule has 0 saturated carbocycles. The minimum Gasteiger partial charge on any atom is -0.489 e. The van der Waals surface area contributed by atoms with Crippen molar-refractivity contribution in [2.45, 2.75) is 26.4 Å². The van der Waals surface area contributed by atoms with Crippen LogP contribution in [0.15, 0.2) is 18.2 Å². The monoisotopic (exact) mass is 306 g/mol. The van der Waals surface area contributed by atoms with Crippen molar-refractivity contribution in [3.05, 3.63) is 23.2 Å². The lowest BCUT2D eigenvalue weighted by atomic mass is 10.3. The third kappa shape index (κ3) is 6.66. The van der Waals surface area contributed by atoms with E-state index in [9.17, 15) is 4.79 Å². The molecule has 1 aromatic rings. The summed E-state index contributed by atoms with van der Waals surface area (Å²) in [5.41, 5.74) is 0.678. The van der Waals surface area contributed by atoms with Gasteiger partial charge in [0, 0.05) is 18.7 Å². The minimum atomic E-state index is -0.0436. The molecule has 2 N–H and O–H groups in total. The summed E-state index contributed by atoms with van der Waals surface area (Å²) >= 11 is 6.07. The van der Waals surface area contributed by atoms with E-state index in [4.69, 9.17) is 16.3 Å². The Morgan fingerprint density at radius 3 is 2.63 bits per heavy atom. The average Bonchev–Trinajstić information content (AvgIpc) is 2.29. The molecule has 4 nitrogen and oxygen atoms in total. The molecule has 1 aromatic carbocycles. The van der Waals surface area contributed by atoms with Gasteiger partial charge in [0.1, 0.15) is 5.75 Å². The average molecular weight is 307 g/mol. The first-order chi connectivity index (χ1) is 8.52. The molecule has 0 radical (unpaired) electrons. The van der Waals surface area contributed by atoms with E-state index in [1.807, 2.05) is 20.9 Å². The fourth-order valence-corrected chi connectivity index (χ4v) is 1.62. The zero-order valence-electron chi connectivity index (χ0n) is 11.3. The Bertz CT molecular complexity index is 412. The Labute approximate surface area is 125 Å². The number of hydrogen-bond donors (Lipinski definition) is 2. The van der Waals surface area contributed by atoms with Gasteiger partial charge in [0.15, 0.2) is 0 Å². The summed E-state index contributed by atoms with van der Waals surface area (Å²) in [6, 6.07) is 5.23. The summed E-state index contributed by atoms with van der Waals surface area (Å²) < 4.78 is 5.52. The van der Waals surface area contributed by atoms with Crippen molar-refractivity contribution < 1.29 is 9.53 Å². The molecule has 19 heavy (non-hydrogen) atoms. The fraction of sp³-hybridized carbons (Fsp3) is 0.462. The van der Waals surface area contributed by atoms with Gasteiger partial charge in [0.25, 0.3) is 0 Å². The number of halogens is 2. The Hall–Kier alpha value is -0.970. The van der Waals surface area contributed by atoms with Crippen LogP contribution in [0.25, 0.3) is 0 Å². The molecule has 0 saturated heterocycles. The van der Waals surface area contributed by atoms with Crippen LogP contribution in [0.1, 0.15) is 20.3 Å². The van der Waals surface area contributed by atoms with Crippen LogP contribution in [0.3, 0.4) is 0 Å². The van der Waals surface area contributed by atoms with E-state index in [-0.39, 0.29) is 24.4 Å². The molecule has 1 amide bonds. The van der Waals surface area contributed by atoms with Gasteiger partial charge in [0.2, 0.25) is 5.91 Å². The SMILES string of the molecule is CNCCC(=O)Nc1ccc(OC(C)C)c(Cl)c1.Cl. The molecule has 108 valence electrons. The number of carbonyl (C=O) groups excluding carboxylic acids is 1. The first-order valence-corrected chi connectivity index (χ1v) is 6.31. The van der Waals surface area contributed by atoms with Gasteiger partial charge in [0.05, 0.1) is 11.1 Å². The summed E-state index contributed by atoms with van der Waals surface area (Å²) in [6.45, 7) is 4.52. The van der Waals surface area contributed by atoms with Crippen LogP contribution < -0.4 is 15.4 Å². The first kappa shape index (κ1) is 18.0. The van der Waals surface area contributed by atoms with Crippen molar-refractivity contribution in [2.24, 2.45) is 0 Å². The Morgan fingerprint density at radius 1 is 1.42 bits per heavy atom. The maximum absolute atomic E-state index is 11.5. The normalized spacial score (nSPS) is 9.95. The number of amides is 1. The molecule has 0 atom stereocenters. The van der Waals surface area contributed by atoms with E-state index in [0.29, 0.717) is 29.4 Å². The van der Waals surface area contributed by atoms with E-state index in [1.165, 1.54) is 0 Å². The highest BCUT2D eigenvalue weighted by molar-refractivity contribution is 6.32. The molecule has 6 heteroatoms. The van der Waals surface area contributed by atoms with Gasteiger partial charge in [-0.15, -0.1) is 12.4 Å². The van der Waals surface area contributed by atoms with E-state index < -0.39 is 0 Å². The molecule has 0 aliphatic carbocycles. The number of hydrogen-bond acceptors (Lipinski definition) is 3. The van der Waals surface area contributed by atoms with Crippen molar-refractivity contribution in [3.63, 3.8) is 0 Å². The van der Waals surface area contributed by atoms with Crippen LogP contribution in [-0.2, 0) is 4.79 Å². The standard InChI is InChI=1S/C13H19ClN2O2.ClH/c1-9(2)18-12-5-4-10(8-11(12)14)16-13(17)6-7-15-3;/h4-5,8-9,15H,6-7H2,1-3H3,(H,16,17);1H. The fourth-order valence-electron chi connectivity index (χ4n) is 1.39. The molecule has 0 aromatic heterocycles. The van der Waals surface area contributed by atoms with Gasteiger partial charge in [-0.05, 0) is 39.1 Å². The number of carbonyl (C=O) groups is 1. The second-order valence-electron chi connectivity index (χ2n) is 4.21. The predicted molar refractivity (Wildman–Crippen MR) is 81.6 cm³/mol. The molecular weight excluding hydrogens is 287 g/mol. The van der Waals surface area contributed by atoms with Gasteiger partial charge in [-0.3, -0.25) is 4.79 Å². The highest BCUT2D eigenvalue weighted by atomic mass is 35.5. The Balaban J connectivity index is 0.00000324. The topological polar surface area (TPSA) is 50.4 Å². The molecular formula is C13H20Cl2N2O2. The van der Waals surface area contributed by atoms with Gasteiger partial charge < -0.3 is 15.4 Å². The maximum atomic E-state index is 11.5. The van der Waals surface area contributed by atoms with E-state index in [1.54, 1.807) is 18.2 Å². The number of rotatable bonds is 6. The third-order valence-corrected chi connectivity index (χ3v) is 2.48. The molecule has 0 bridgehead atoms. The molecule has 0 heterocycles. The highest BCUT2D eigenvalue weighted by Crippen LogP contribution is 2.28. The highest BCUT2D eigenvalue weighted by Gasteiger charge is 2.07. The largest absolute Gasteiger partial charge is 0.489 e. The predicted octanol–water partition coefficient (Wildman–Crippen LogP) is 3.10. The Kier molecular flexibility index (Phi) is 8.56. The number of nitrogens with one attached hydrogen (secondary N) is 2. The van der Waals surface area contributed by atoms with Crippen molar-refractivity contribution in [3.8, 4) is 5.75 Å². The molecule has 0 fully saturated rings. The Morgan fingerprint density at radius 2 is 2.11 bits per heavy atom. The number of anilines is 1.